The number of ether oxygens (including phenoxy) is 2. The number of hydrogen-bond acceptors (Lipinski definition) is 4. The molecule has 0 spiro atoms. The third-order valence-electron chi connectivity index (χ3n) is 2.79. The third-order valence-corrected chi connectivity index (χ3v) is 2.79. The summed E-state index contributed by atoms with van der Waals surface area (Å²) in [4.78, 5) is 4.20. The fourth-order valence-electron chi connectivity index (χ4n) is 1.78. The van der Waals surface area contributed by atoms with Crippen molar-refractivity contribution in [2.24, 2.45) is 0 Å². The zero-order valence-electron chi connectivity index (χ0n) is 11.3. The van der Waals surface area contributed by atoms with Crippen molar-refractivity contribution in [2.45, 2.75) is 19.6 Å². The molecule has 1 unspecified atom stereocenters. The molecule has 1 N–H and O–H groups in total. The Bertz CT molecular complexity index is 587. The highest BCUT2D eigenvalue weighted by atomic mass is 19.1. The van der Waals surface area contributed by atoms with Gasteiger partial charge in [-0.3, -0.25) is 0 Å². The Balaban J connectivity index is 2.15. The minimum absolute atomic E-state index is 0.167. The van der Waals surface area contributed by atoms with E-state index >= 15 is 0 Å². The quantitative estimate of drug-likeness (QED) is 0.913. The first-order valence-electron chi connectivity index (χ1n) is 6.20. The lowest BCUT2D eigenvalue weighted by molar-refractivity contribution is 0.189. The summed E-state index contributed by atoms with van der Waals surface area (Å²) < 4.78 is 23.8. The third kappa shape index (κ3) is 3.45. The molecule has 0 fully saturated rings. The van der Waals surface area contributed by atoms with Gasteiger partial charge < -0.3 is 14.6 Å². The molecule has 4 nitrogen and oxygen atoms in total. The number of benzene rings is 1. The summed E-state index contributed by atoms with van der Waals surface area (Å²) in [6, 6.07) is 9.36. The summed E-state index contributed by atoms with van der Waals surface area (Å²) in [5, 5.41) is 9.64. The van der Waals surface area contributed by atoms with Crippen LogP contribution in [0, 0.1) is 5.82 Å². The van der Waals surface area contributed by atoms with Crippen molar-refractivity contribution in [3.8, 4) is 11.6 Å². The number of aromatic nitrogens is 1. The van der Waals surface area contributed by atoms with Gasteiger partial charge in [0.15, 0.2) is 0 Å². The van der Waals surface area contributed by atoms with Gasteiger partial charge in [0.05, 0.1) is 18.9 Å². The Labute approximate surface area is 116 Å². The lowest BCUT2D eigenvalue weighted by Gasteiger charge is -2.13. The van der Waals surface area contributed by atoms with E-state index in [1.165, 1.54) is 25.3 Å². The smallest absolute Gasteiger partial charge is 0.213 e. The Morgan fingerprint density at radius 3 is 2.80 bits per heavy atom. The monoisotopic (exact) mass is 277 g/mol. The SMILES string of the molecule is COc1cccc(COc2cc(F)ccc2C(C)O)n1. The second-order valence-electron chi connectivity index (χ2n) is 4.32. The van der Waals surface area contributed by atoms with E-state index < -0.39 is 11.9 Å². The highest BCUT2D eigenvalue weighted by Gasteiger charge is 2.11. The van der Waals surface area contributed by atoms with Gasteiger partial charge in [0.1, 0.15) is 18.2 Å². The van der Waals surface area contributed by atoms with Gasteiger partial charge in [-0.05, 0) is 25.1 Å². The molecule has 2 rings (SSSR count). The maximum atomic E-state index is 13.3. The molecule has 20 heavy (non-hydrogen) atoms. The van der Waals surface area contributed by atoms with Gasteiger partial charge in [-0.2, -0.15) is 0 Å². The molecule has 1 aromatic heterocycles. The number of nitrogens with zero attached hydrogens (tertiary/aromatic N) is 1. The van der Waals surface area contributed by atoms with Gasteiger partial charge in [0.25, 0.3) is 0 Å². The molecule has 2 aromatic rings. The fourth-order valence-corrected chi connectivity index (χ4v) is 1.78. The van der Waals surface area contributed by atoms with Crippen molar-refractivity contribution >= 4 is 0 Å². The first kappa shape index (κ1) is 14.3. The lowest BCUT2D eigenvalue weighted by Crippen LogP contribution is -2.03. The lowest BCUT2D eigenvalue weighted by atomic mass is 10.1. The van der Waals surface area contributed by atoms with Crippen LogP contribution < -0.4 is 9.47 Å². The maximum absolute atomic E-state index is 13.3. The van der Waals surface area contributed by atoms with Crippen LogP contribution in [-0.4, -0.2) is 17.2 Å². The van der Waals surface area contributed by atoms with E-state index in [1.807, 2.05) is 0 Å². The van der Waals surface area contributed by atoms with Gasteiger partial charge in [0.2, 0.25) is 5.88 Å². The Morgan fingerprint density at radius 2 is 2.10 bits per heavy atom. The topological polar surface area (TPSA) is 51.6 Å². The van der Waals surface area contributed by atoms with Crippen molar-refractivity contribution < 1.29 is 19.0 Å². The second kappa shape index (κ2) is 6.34. The molecule has 0 aliphatic heterocycles. The summed E-state index contributed by atoms with van der Waals surface area (Å²) in [6.07, 6.45) is -0.733. The summed E-state index contributed by atoms with van der Waals surface area (Å²) >= 11 is 0. The fraction of sp³-hybridized carbons (Fsp3) is 0.267. The van der Waals surface area contributed by atoms with Gasteiger partial charge in [-0.1, -0.05) is 6.07 Å². The van der Waals surface area contributed by atoms with Gasteiger partial charge in [-0.15, -0.1) is 0 Å². The molecule has 0 amide bonds. The number of rotatable bonds is 5. The number of hydrogen-bond donors (Lipinski definition) is 1. The number of aliphatic hydroxyl groups excluding tert-OH is 1. The molecule has 1 heterocycles. The highest BCUT2D eigenvalue weighted by molar-refractivity contribution is 5.35. The Kier molecular flexibility index (Phi) is 4.53. The van der Waals surface area contributed by atoms with Gasteiger partial charge in [-0.25, -0.2) is 9.37 Å². The van der Waals surface area contributed by atoms with Crippen LogP contribution in [0.1, 0.15) is 24.3 Å². The molecule has 0 bridgehead atoms. The molecule has 106 valence electrons. The first-order chi connectivity index (χ1) is 9.60. The molecule has 0 saturated heterocycles. The average Bonchev–Trinajstić information content (AvgIpc) is 2.45. The number of halogens is 1. The predicted octanol–water partition coefficient (Wildman–Crippen LogP) is 2.86. The summed E-state index contributed by atoms with van der Waals surface area (Å²) in [7, 11) is 1.53. The molecular weight excluding hydrogens is 261 g/mol. The largest absolute Gasteiger partial charge is 0.487 e. The molecule has 0 saturated carbocycles. The first-order valence-corrected chi connectivity index (χ1v) is 6.20. The minimum atomic E-state index is -0.733. The van der Waals surface area contributed by atoms with E-state index in [9.17, 15) is 9.50 Å². The minimum Gasteiger partial charge on any atom is -0.487 e. The van der Waals surface area contributed by atoms with Crippen molar-refractivity contribution in [2.75, 3.05) is 7.11 Å². The van der Waals surface area contributed by atoms with Crippen LogP contribution in [0.15, 0.2) is 36.4 Å². The number of methoxy groups -OCH3 is 1. The van der Waals surface area contributed by atoms with E-state index in [0.717, 1.165) is 0 Å². The van der Waals surface area contributed by atoms with Gasteiger partial charge in [0, 0.05) is 17.7 Å². The number of aliphatic hydroxyl groups is 1. The molecule has 1 atom stereocenters. The van der Waals surface area contributed by atoms with Crippen LogP contribution in [0.25, 0.3) is 0 Å². The highest BCUT2D eigenvalue weighted by Crippen LogP contribution is 2.26. The zero-order valence-corrected chi connectivity index (χ0v) is 11.3. The van der Waals surface area contributed by atoms with E-state index in [1.54, 1.807) is 25.1 Å². The van der Waals surface area contributed by atoms with Crippen LogP contribution in [0.2, 0.25) is 0 Å². The van der Waals surface area contributed by atoms with Crippen LogP contribution >= 0.6 is 0 Å². The van der Waals surface area contributed by atoms with Crippen LogP contribution in [-0.2, 0) is 6.61 Å². The Hall–Kier alpha value is -2.14. The normalized spacial score (nSPS) is 12.0. The van der Waals surface area contributed by atoms with E-state index in [4.69, 9.17) is 9.47 Å². The predicted molar refractivity (Wildman–Crippen MR) is 72.2 cm³/mol. The molecule has 5 heteroatoms. The summed E-state index contributed by atoms with van der Waals surface area (Å²) in [6.45, 7) is 1.77. The standard InChI is InChI=1S/C15H16FNO3/c1-10(18)13-7-6-11(16)8-14(13)20-9-12-4-3-5-15(17-12)19-2/h3-8,10,18H,9H2,1-2H3. The molecule has 0 aliphatic carbocycles. The number of pyridine rings is 1. The van der Waals surface area contributed by atoms with E-state index in [2.05, 4.69) is 4.98 Å². The van der Waals surface area contributed by atoms with E-state index in [-0.39, 0.29) is 6.61 Å². The zero-order chi connectivity index (χ0) is 14.5. The summed E-state index contributed by atoms with van der Waals surface area (Å²) in [5.74, 6) is 0.383. The van der Waals surface area contributed by atoms with Crippen molar-refractivity contribution in [3.05, 3.63) is 53.5 Å². The van der Waals surface area contributed by atoms with Crippen LogP contribution in [0.5, 0.6) is 11.6 Å². The summed E-state index contributed by atoms with van der Waals surface area (Å²) in [5.41, 5.74) is 1.19. The Morgan fingerprint density at radius 1 is 1.30 bits per heavy atom. The molecule has 0 aliphatic rings. The molecule has 0 radical (unpaired) electrons. The average molecular weight is 277 g/mol. The molecular formula is C15H16FNO3. The van der Waals surface area contributed by atoms with Crippen LogP contribution in [0.3, 0.4) is 0 Å². The van der Waals surface area contributed by atoms with E-state index in [0.29, 0.717) is 22.9 Å². The molecule has 1 aromatic carbocycles. The van der Waals surface area contributed by atoms with Crippen molar-refractivity contribution in [3.63, 3.8) is 0 Å². The second-order valence-corrected chi connectivity index (χ2v) is 4.32. The van der Waals surface area contributed by atoms with Crippen molar-refractivity contribution in [1.29, 1.82) is 0 Å². The maximum Gasteiger partial charge on any atom is 0.213 e. The van der Waals surface area contributed by atoms with Crippen LogP contribution in [0.4, 0.5) is 4.39 Å². The van der Waals surface area contributed by atoms with Gasteiger partial charge >= 0.3 is 0 Å². The van der Waals surface area contributed by atoms with Crippen molar-refractivity contribution in [1.82, 2.24) is 4.98 Å².